The second kappa shape index (κ2) is 5.19. The fraction of sp³-hybridized carbons (Fsp3) is 0.588. The summed E-state index contributed by atoms with van der Waals surface area (Å²) in [6, 6.07) is 3.84. The Morgan fingerprint density at radius 1 is 1.25 bits per heavy atom. The van der Waals surface area contributed by atoms with Crippen molar-refractivity contribution in [3.8, 4) is 0 Å². The average molecular weight is 275 g/mol. The van der Waals surface area contributed by atoms with Gasteiger partial charge in [-0.25, -0.2) is 4.39 Å². The Bertz CT molecular complexity index is 540. The standard InChI is InChI=1S/C17H22FNO/c1-11-9-17(14(12(2)20)10-15(11)18)19-8-4-6-13-5-3-7-16(13)19/h9-10,13,16H,3-8H2,1-2H3. The number of anilines is 1. The number of rotatable bonds is 2. The third-order valence-electron chi connectivity index (χ3n) is 4.96. The molecule has 1 saturated heterocycles. The Kier molecular flexibility index (Phi) is 3.53. The molecule has 1 aromatic carbocycles. The van der Waals surface area contributed by atoms with Gasteiger partial charge in [-0.3, -0.25) is 4.79 Å². The summed E-state index contributed by atoms with van der Waals surface area (Å²) in [5.74, 6) is 0.437. The van der Waals surface area contributed by atoms with Gasteiger partial charge in [0.1, 0.15) is 5.82 Å². The highest BCUT2D eigenvalue weighted by molar-refractivity contribution is 6.00. The lowest BCUT2D eigenvalue weighted by Crippen LogP contribution is -2.43. The van der Waals surface area contributed by atoms with Crippen LogP contribution in [0.4, 0.5) is 10.1 Å². The highest BCUT2D eigenvalue weighted by Crippen LogP contribution is 2.40. The molecule has 0 spiro atoms. The van der Waals surface area contributed by atoms with Gasteiger partial charge < -0.3 is 4.90 Å². The monoisotopic (exact) mass is 275 g/mol. The van der Waals surface area contributed by atoms with Crippen LogP contribution in [-0.2, 0) is 0 Å². The van der Waals surface area contributed by atoms with Crippen molar-refractivity contribution in [1.82, 2.24) is 0 Å². The zero-order valence-corrected chi connectivity index (χ0v) is 12.3. The topological polar surface area (TPSA) is 20.3 Å². The SMILES string of the molecule is CC(=O)c1cc(F)c(C)cc1N1CCCC2CCCC21. The van der Waals surface area contributed by atoms with Crippen molar-refractivity contribution in [2.75, 3.05) is 11.4 Å². The van der Waals surface area contributed by atoms with Crippen molar-refractivity contribution < 1.29 is 9.18 Å². The third-order valence-corrected chi connectivity index (χ3v) is 4.96. The zero-order chi connectivity index (χ0) is 14.3. The van der Waals surface area contributed by atoms with Gasteiger partial charge >= 0.3 is 0 Å². The molecule has 0 aromatic heterocycles. The maximum Gasteiger partial charge on any atom is 0.161 e. The van der Waals surface area contributed by atoms with Crippen molar-refractivity contribution in [1.29, 1.82) is 0 Å². The summed E-state index contributed by atoms with van der Waals surface area (Å²) in [7, 11) is 0. The average Bonchev–Trinajstić information content (AvgIpc) is 2.89. The molecule has 20 heavy (non-hydrogen) atoms. The van der Waals surface area contributed by atoms with E-state index in [0.717, 1.165) is 18.2 Å². The number of carbonyl (C=O) groups excluding carboxylic acids is 1. The Balaban J connectivity index is 2.04. The number of nitrogens with zero attached hydrogens (tertiary/aromatic N) is 1. The van der Waals surface area contributed by atoms with Gasteiger partial charge in [0, 0.05) is 23.8 Å². The maximum absolute atomic E-state index is 13.8. The molecule has 1 saturated carbocycles. The number of aryl methyl sites for hydroxylation is 1. The maximum atomic E-state index is 13.8. The molecule has 3 heteroatoms. The summed E-state index contributed by atoms with van der Waals surface area (Å²) in [6.45, 7) is 4.30. The Hall–Kier alpha value is -1.38. The Morgan fingerprint density at radius 2 is 2.00 bits per heavy atom. The lowest BCUT2D eigenvalue weighted by molar-refractivity contribution is 0.101. The first kappa shape index (κ1) is 13.6. The van der Waals surface area contributed by atoms with Crippen molar-refractivity contribution in [2.45, 2.75) is 52.0 Å². The molecule has 108 valence electrons. The Labute approximate surface area is 120 Å². The highest BCUT2D eigenvalue weighted by Gasteiger charge is 2.36. The Morgan fingerprint density at radius 3 is 2.75 bits per heavy atom. The van der Waals surface area contributed by atoms with Crippen LogP contribution in [0.25, 0.3) is 0 Å². The number of ketones is 1. The first-order valence-corrected chi connectivity index (χ1v) is 7.65. The van der Waals surface area contributed by atoms with Gasteiger partial charge in [-0.1, -0.05) is 6.42 Å². The van der Waals surface area contributed by atoms with E-state index in [1.54, 1.807) is 6.92 Å². The van der Waals surface area contributed by atoms with E-state index in [1.807, 2.05) is 6.07 Å². The van der Waals surface area contributed by atoms with Crippen LogP contribution in [0, 0.1) is 18.7 Å². The number of piperidine rings is 1. The molecular formula is C17H22FNO. The summed E-state index contributed by atoms with van der Waals surface area (Å²) in [4.78, 5) is 14.3. The number of halogens is 1. The van der Waals surface area contributed by atoms with E-state index < -0.39 is 0 Å². The van der Waals surface area contributed by atoms with Crippen LogP contribution in [0.1, 0.15) is 54.9 Å². The van der Waals surface area contributed by atoms with E-state index in [9.17, 15) is 9.18 Å². The van der Waals surface area contributed by atoms with Crippen molar-refractivity contribution in [3.05, 3.63) is 29.1 Å². The minimum Gasteiger partial charge on any atom is -0.368 e. The number of hydrogen-bond acceptors (Lipinski definition) is 2. The molecule has 1 aliphatic carbocycles. The minimum atomic E-state index is -0.279. The largest absolute Gasteiger partial charge is 0.368 e. The molecule has 0 radical (unpaired) electrons. The molecular weight excluding hydrogens is 253 g/mol. The van der Waals surface area contributed by atoms with Crippen LogP contribution in [0.2, 0.25) is 0 Å². The molecule has 0 bridgehead atoms. The van der Waals surface area contributed by atoms with E-state index in [-0.39, 0.29) is 11.6 Å². The van der Waals surface area contributed by atoms with Crippen LogP contribution < -0.4 is 4.90 Å². The van der Waals surface area contributed by atoms with E-state index in [2.05, 4.69) is 4.90 Å². The number of hydrogen-bond donors (Lipinski definition) is 0. The number of benzene rings is 1. The number of fused-ring (bicyclic) bond motifs is 1. The first-order chi connectivity index (χ1) is 9.58. The van der Waals surface area contributed by atoms with Crippen LogP contribution in [0.3, 0.4) is 0 Å². The predicted molar refractivity (Wildman–Crippen MR) is 78.9 cm³/mol. The molecule has 1 aromatic rings. The molecule has 1 heterocycles. The van der Waals surface area contributed by atoms with Crippen LogP contribution in [0.15, 0.2) is 12.1 Å². The number of Topliss-reactive ketones (excluding diaryl/α,β-unsaturated/α-hetero) is 1. The van der Waals surface area contributed by atoms with Crippen molar-refractivity contribution in [2.24, 2.45) is 5.92 Å². The molecule has 2 aliphatic rings. The fourth-order valence-electron chi connectivity index (χ4n) is 3.94. The third kappa shape index (κ3) is 2.23. The first-order valence-electron chi connectivity index (χ1n) is 7.65. The van der Waals surface area contributed by atoms with Gasteiger partial charge in [0.05, 0.1) is 0 Å². The summed E-state index contributed by atoms with van der Waals surface area (Å²) in [6.07, 6.45) is 6.27. The van der Waals surface area contributed by atoms with E-state index >= 15 is 0 Å². The second-order valence-corrected chi connectivity index (χ2v) is 6.27. The quantitative estimate of drug-likeness (QED) is 0.757. The van der Waals surface area contributed by atoms with Gasteiger partial charge in [-0.15, -0.1) is 0 Å². The summed E-state index contributed by atoms with van der Waals surface area (Å²) < 4.78 is 13.8. The van der Waals surface area contributed by atoms with E-state index in [1.165, 1.54) is 45.1 Å². The molecule has 2 nitrogen and oxygen atoms in total. The molecule has 1 aliphatic heterocycles. The fourth-order valence-corrected chi connectivity index (χ4v) is 3.94. The van der Waals surface area contributed by atoms with Crippen LogP contribution >= 0.6 is 0 Å². The molecule has 3 rings (SSSR count). The summed E-state index contributed by atoms with van der Waals surface area (Å²) in [5.41, 5.74) is 2.12. The molecule has 2 unspecified atom stereocenters. The van der Waals surface area contributed by atoms with Gasteiger partial charge in [0.15, 0.2) is 5.78 Å². The molecule has 0 amide bonds. The van der Waals surface area contributed by atoms with Crippen molar-refractivity contribution >= 4 is 11.5 Å². The highest BCUT2D eigenvalue weighted by atomic mass is 19.1. The lowest BCUT2D eigenvalue weighted by Gasteiger charge is -2.40. The van der Waals surface area contributed by atoms with Gasteiger partial charge in [0.2, 0.25) is 0 Å². The summed E-state index contributed by atoms with van der Waals surface area (Å²) >= 11 is 0. The lowest BCUT2D eigenvalue weighted by atomic mass is 9.90. The second-order valence-electron chi connectivity index (χ2n) is 6.27. The molecule has 0 N–H and O–H groups in total. The number of carbonyl (C=O) groups is 1. The van der Waals surface area contributed by atoms with Crippen LogP contribution in [0.5, 0.6) is 0 Å². The van der Waals surface area contributed by atoms with E-state index in [4.69, 9.17) is 0 Å². The minimum absolute atomic E-state index is 0.0426. The summed E-state index contributed by atoms with van der Waals surface area (Å²) in [5, 5.41) is 0. The van der Waals surface area contributed by atoms with Gasteiger partial charge in [-0.2, -0.15) is 0 Å². The molecule has 2 fully saturated rings. The normalized spacial score (nSPS) is 25.6. The van der Waals surface area contributed by atoms with Crippen LogP contribution in [-0.4, -0.2) is 18.4 Å². The smallest absolute Gasteiger partial charge is 0.161 e. The van der Waals surface area contributed by atoms with Gasteiger partial charge in [-0.05, 0) is 63.1 Å². The van der Waals surface area contributed by atoms with Crippen molar-refractivity contribution in [3.63, 3.8) is 0 Å². The zero-order valence-electron chi connectivity index (χ0n) is 12.3. The van der Waals surface area contributed by atoms with E-state index in [0.29, 0.717) is 17.2 Å². The van der Waals surface area contributed by atoms with Gasteiger partial charge in [0.25, 0.3) is 0 Å². The molecule has 2 atom stereocenters. The predicted octanol–water partition coefficient (Wildman–Crippen LogP) is 4.11.